The molecule has 2 aromatic heterocycles. The van der Waals surface area contributed by atoms with Crippen LogP contribution in [0.15, 0.2) is 45.6 Å². The number of hydrogen-bond donors (Lipinski definition) is 0. The first-order chi connectivity index (χ1) is 10.1. The van der Waals surface area contributed by atoms with E-state index in [1.165, 1.54) is 12.1 Å². The molecule has 7 heteroatoms. The first kappa shape index (κ1) is 13.2. The van der Waals surface area contributed by atoms with Crippen LogP contribution in [0.1, 0.15) is 10.8 Å². The van der Waals surface area contributed by atoms with E-state index in [-0.39, 0.29) is 10.9 Å². The minimum absolute atomic E-state index is 0.0579. The standard InChI is InChI=1S/C14H8N2O4S/c17-14-10-3-1-2-4-11(10)15-12(20-14)7-5-9-6-8-13(21-9)16(18)19/h1-8H/b7-5-. The largest absolute Gasteiger partial charge is 0.404 e. The maximum atomic E-state index is 11.8. The minimum Gasteiger partial charge on any atom is -0.404 e. The number of nitro groups is 1. The molecule has 104 valence electrons. The lowest BCUT2D eigenvalue weighted by atomic mass is 10.2. The summed E-state index contributed by atoms with van der Waals surface area (Å²) >= 11 is 1.03. The Kier molecular flexibility index (Phi) is 3.33. The fourth-order valence-corrected chi connectivity index (χ4v) is 2.51. The Morgan fingerprint density at radius 2 is 2.00 bits per heavy atom. The molecule has 0 radical (unpaired) electrons. The van der Waals surface area contributed by atoms with E-state index in [0.29, 0.717) is 15.8 Å². The Morgan fingerprint density at radius 1 is 1.19 bits per heavy atom. The van der Waals surface area contributed by atoms with Crippen LogP contribution in [-0.4, -0.2) is 9.91 Å². The van der Waals surface area contributed by atoms with Gasteiger partial charge in [0, 0.05) is 17.0 Å². The second-order valence-electron chi connectivity index (χ2n) is 4.12. The molecule has 2 heterocycles. The first-order valence-electron chi connectivity index (χ1n) is 5.96. The smallest absolute Gasteiger partial charge is 0.347 e. The predicted molar refractivity (Wildman–Crippen MR) is 80.2 cm³/mol. The molecular weight excluding hydrogens is 292 g/mol. The number of benzene rings is 1. The van der Waals surface area contributed by atoms with Crippen LogP contribution in [0.4, 0.5) is 5.00 Å². The highest BCUT2D eigenvalue weighted by molar-refractivity contribution is 7.16. The summed E-state index contributed by atoms with van der Waals surface area (Å²) in [7, 11) is 0. The summed E-state index contributed by atoms with van der Waals surface area (Å²) in [4.78, 5) is 26.8. The van der Waals surface area contributed by atoms with Crippen molar-refractivity contribution in [3.63, 3.8) is 0 Å². The third kappa shape index (κ3) is 2.72. The Hall–Kier alpha value is -2.80. The molecule has 0 fully saturated rings. The van der Waals surface area contributed by atoms with E-state index >= 15 is 0 Å². The number of fused-ring (bicyclic) bond motifs is 1. The molecule has 3 aromatic rings. The molecule has 0 amide bonds. The van der Waals surface area contributed by atoms with Crippen molar-refractivity contribution in [2.24, 2.45) is 0 Å². The van der Waals surface area contributed by atoms with Gasteiger partial charge in [-0.05, 0) is 24.3 Å². The van der Waals surface area contributed by atoms with E-state index in [2.05, 4.69) is 4.98 Å². The van der Waals surface area contributed by atoms with E-state index in [1.807, 2.05) is 0 Å². The molecule has 0 unspecified atom stereocenters. The number of para-hydroxylation sites is 1. The van der Waals surface area contributed by atoms with Crippen molar-refractivity contribution in [1.82, 2.24) is 4.98 Å². The van der Waals surface area contributed by atoms with Gasteiger partial charge in [0.15, 0.2) is 0 Å². The molecule has 21 heavy (non-hydrogen) atoms. The Morgan fingerprint density at radius 3 is 2.76 bits per heavy atom. The second-order valence-corrected chi connectivity index (χ2v) is 5.22. The Labute approximate surface area is 122 Å². The van der Waals surface area contributed by atoms with Gasteiger partial charge in [-0.1, -0.05) is 23.5 Å². The van der Waals surface area contributed by atoms with E-state index in [1.54, 1.807) is 36.4 Å². The van der Waals surface area contributed by atoms with Crippen molar-refractivity contribution in [3.8, 4) is 0 Å². The third-order valence-electron chi connectivity index (χ3n) is 2.73. The summed E-state index contributed by atoms with van der Waals surface area (Å²) in [6.45, 7) is 0. The Balaban J connectivity index is 1.95. The van der Waals surface area contributed by atoms with Gasteiger partial charge in [0.05, 0.1) is 15.8 Å². The summed E-state index contributed by atoms with van der Waals surface area (Å²) < 4.78 is 5.08. The summed E-state index contributed by atoms with van der Waals surface area (Å²) in [5.41, 5.74) is 0.0861. The normalized spacial score (nSPS) is 11.2. The molecule has 0 spiro atoms. The summed E-state index contributed by atoms with van der Waals surface area (Å²) in [6, 6.07) is 9.93. The van der Waals surface area contributed by atoms with Crippen LogP contribution in [0.3, 0.4) is 0 Å². The van der Waals surface area contributed by atoms with Crippen molar-refractivity contribution in [3.05, 3.63) is 67.7 Å². The zero-order valence-corrected chi connectivity index (χ0v) is 11.4. The molecule has 0 bridgehead atoms. The summed E-state index contributed by atoms with van der Waals surface area (Å²) in [5.74, 6) is 0.162. The van der Waals surface area contributed by atoms with Gasteiger partial charge < -0.3 is 4.42 Å². The fourth-order valence-electron chi connectivity index (χ4n) is 1.79. The molecule has 0 aliphatic rings. The van der Waals surface area contributed by atoms with E-state index in [4.69, 9.17) is 4.42 Å². The number of aromatic nitrogens is 1. The predicted octanol–water partition coefficient (Wildman–Crippen LogP) is 3.33. The maximum absolute atomic E-state index is 11.8. The first-order valence-corrected chi connectivity index (χ1v) is 6.77. The van der Waals surface area contributed by atoms with Gasteiger partial charge in [-0.3, -0.25) is 10.1 Å². The van der Waals surface area contributed by atoms with Crippen LogP contribution < -0.4 is 5.63 Å². The van der Waals surface area contributed by atoms with Crippen molar-refractivity contribution < 1.29 is 9.34 Å². The zero-order valence-electron chi connectivity index (χ0n) is 10.6. The molecule has 0 saturated carbocycles. The summed E-state index contributed by atoms with van der Waals surface area (Å²) in [6.07, 6.45) is 3.14. The third-order valence-corrected chi connectivity index (χ3v) is 3.74. The fraction of sp³-hybridized carbons (Fsp3) is 0. The molecular formula is C14H8N2O4S. The molecule has 0 atom stereocenters. The SMILES string of the molecule is O=c1oc(/C=C\c2ccc([N+](=O)[O-])s2)nc2ccccc12. The number of hydrogen-bond acceptors (Lipinski definition) is 6. The number of nitrogens with zero attached hydrogens (tertiary/aromatic N) is 2. The molecule has 1 aromatic carbocycles. The molecule has 0 N–H and O–H groups in total. The lowest BCUT2D eigenvalue weighted by molar-refractivity contribution is -0.380. The van der Waals surface area contributed by atoms with E-state index < -0.39 is 10.5 Å². The van der Waals surface area contributed by atoms with Crippen molar-refractivity contribution in [1.29, 1.82) is 0 Å². The van der Waals surface area contributed by atoms with Crippen LogP contribution in [0.5, 0.6) is 0 Å². The van der Waals surface area contributed by atoms with Crippen molar-refractivity contribution in [2.75, 3.05) is 0 Å². The number of thiophene rings is 1. The van der Waals surface area contributed by atoms with Gasteiger partial charge in [-0.2, -0.15) is 0 Å². The molecule has 0 aliphatic carbocycles. The van der Waals surface area contributed by atoms with Gasteiger partial charge >= 0.3 is 10.6 Å². The topological polar surface area (TPSA) is 86.2 Å². The lowest BCUT2D eigenvalue weighted by Gasteiger charge is -1.96. The average molecular weight is 300 g/mol. The molecule has 0 saturated heterocycles. The zero-order chi connectivity index (χ0) is 14.8. The Bertz CT molecular complexity index is 910. The highest BCUT2D eigenvalue weighted by atomic mass is 32.1. The second kappa shape index (κ2) is 5.29. The van der Waals surface area contributed by atoms with Gasteiger partial charge in [-0.25, -0.2) is 9.78 Å². The van der Waals surface area contributed by atoms with Crippen LogP contribution in [0, 0.1) is 10.1 Å². The lowest BCUT2D eigenvalue weighted by Crippen LogP contribution is -2.02. The van der Waals surface area contributed by atoms with Crippen LogP contribution in [0.2, 0.25) is 0 Å². The molecule has 6 nitrogen and oxygen atoms in total. The summed E-state index contributed by atoms with van der Waals surface area (Å²) in [5, 5.41) is 11.1. The molecule has 3 rings (SSSR count). The van der Waals surface area contributed by atoms with Gasteiger partial charge in [-0.15, -0.1) is 0 Å². The van der Waals surface area contributed by atoms with Gasteiger partial charge in [0.2, 0.25) is 5.89 Å². The quantitative estimate of drug-likeness (QED) is 0.547. The average Bonchev–Trinajstić information content (AvgIpc) is 2.94. The number of rotatable bonds is 3. The van der Waals surface area contributed by atoms with Crippen LogP contribution in [0.25, 0.3) is 23.1 Å². The molecule has 0 aliphatic heterocycles. The minimum atomic E-state index is -0.461. The van der Waals surface area contributed by atoms with Crippen molar-refractivity contribution in [2.45, 2.75) is 0 Å². The van der Waals surface area contributed by atoms with Crippen molar-refractivity contribution >= 4 is 39.4 Å². The van der Waals surface area contributed by atoms with E-state index in [0.717, 1.165) is 11.3 Å². The highest BCUT2D eigenvalue weighted by Crippen LogP contribution is 2.25. The van der Waals surface area contributed by atoms with E-state index in [9.17, 15) is 14.9 Å². The highest BCUT2D eigenvalue weighted by Gasteiger charge is 2.08. The maximum Gasteiger partial charge on any atom is 0.347 e. The monoisotopic (exact) mass is 300 g/mol. The van der Waals surface area contributed by atoms with Gasteiger partial charge in [0.1, 0.15) is 0 Å². The van der Waals surface area contributed by atoms with Crippen LogP contribution >= 0.6 is 11.3 Å². The van der Waals surface area contributed by atoms with Gasteiger partial charge in [0.25, 0.3) is 0 Å². The van der Waals surface area contributed by atoms with Crippen LogP contribution in [-0.2, 0) is 0 Å².